The van der Waals surface area contributed by atoms with Crippen molar-refractivity contribution in [3.8, 4) is 11.1 Å². The van der Waals surface area contributed by atoms with E-state index in [1.807, 2.05) is 41.0 Å². The lowest BCUT2D eigenvalue weighted by Crippen LogP contribution is -2.37. The Morgan fingerprint density at radius 2 is 1.59 bits per heavy atom. The summed E-state index contributed by atoms with van der Waals surface area (Å²) in [5.74, 6) is -0.248. The SMILES string of the molecule is C[n+]1ccc(-c2cc[n+](CCOC(=O)C(C)(C)Br)cc2)cc1. The van der Waals surface area contributed by atoms with Crippen LogP contribution >= 0.6 is 15.9 Å². The molecule has 0 aliphatic heterocycles. The minimum atomic E-state index is -0.634. The van der Waals surface area contributed by atoms with Crippen LogP contribution in [-0.2, 0) is 23.1 Å². The van der Waals surface area contributed by atoms with Crippen molar-refractivity contribution in [3.05, 3.63) is 49.1 Å². The number of hydrogen-bond donors (Lipinski definition) is 0. The topological polar surface area (TPSA) is 34.1 Å². The number of esters is 1. The highest BCUT2D eigenvalue weighted by molar-refractivity contribution is 9.10. The number of pyridine rings is 2. The summed E-state index contributed by atoms with van der Waals surface area (Å²) in [6.45, 7) is 4.55. The molecule has 0 saturated heterocycles. The molecule has 0 aromatic carbocycles. The summed E-state index contributed by atoms with van der Waals surface area (Å²) in [7, 11) is 2.00. The molecule has 22 heavy (non-hydrogen) atoms. The van der Waals surface area contributed by atoms with Crippen LogP contribution in [0, 0.1) is 0 Å². The highest BCUT2D eigenvalue weighted by Gasteiger charge is 2.25. The molecule has 0 radical (unpaired) electrons. The van der Waals surface area contributed by atoms with Gasteiger partial charge < -0.3 is 4.74 Å². The fraction of sp³-hybridized carbons (Fsp3) is 0.353. The summed E-state index contributed by atoms with van der Waals surface area (Å²) in [4.78, 5) is 11.6. The molecule has 2 rings (SSSR count). The second kappa shape index (κ2) is 7.01. The molecule has 2 aromatic rings. The molecular weight excluding hydrogens is 344 g/mol. The minimum absolute atomic E-state index is 0.248. The number of alkyl halides is 1. The first kappa shape index (κ1) is 16.6. The molecule has 0 unspecified atom stereocenters. The van der Waals surface area contributed by atoms with Gasteiger partial charge in [0, 0.05) is 24.3 Å². The molecule has 0 bridgehead atoms. The highest BCUT2D eigenvalue weighted by atomic mass is 79.9. The second-order valence-corrected chi connectivity index (χ2v) is 7.67. The van der Waals surface area contributed by atoms with E-state index < -0.39 is 4.32 Å². The molecule has 2 heterocycles. The molecule has 0 aliphatic rings. The van der Waals surface area contributed by atoms with Gasteiger partial charge in [0.2, 0.25) is 0 Å². The molecule has 4 nitrogen and oxygen atoms in total. The van der Waals surface area contributed by atoms with Gasteiger partial charge in [-0.05, 0) is 25.0 Å². The average Bonchev–Trinajstić information content (AvgIpc) is 2.48. The summed E-state index contributed by atoms with van der Waals surface area (Å²) >= 11 is 3.29. The van der Waals surface area contributed by atoms with Gasteiger partial charge in [0.1, 0.15) is 11.4 Å². The third-order valence-corrected chi connectivity index (χ3v) is 3.59. The monoisotopic (exact) mass is 364 g/mol. The summed E-state index contributed by atoms with van der Waals surface area (Å²) in [6, 6.07) is 8.29. The van der Waals surface area contributed by atoms with Gasteiger partial charge in [0.15, 0.2) is 37.9 Å². The lowest BCUT2D eigenvalue weighted by atomic mass is 10.1. The van der Waals surface area contributed by atoms with E-state index >= 15 is 0 Å². The zero-order valence-electron chi connectivity index (χ0n) is 13.1. The molecule has 0 amide bonds. The summed E-state index contributed by atoms with van der Waals surface area (Å²) < 4.78 is 8.60. The summed E-state index contributed by atoms with van der Waals surface area (Å²) in [6.07, 6.45) is 8.04. The Hall–Kier alpha value is -1.75. The smallest absolute Gasteiger partial charge is 0.322 e. The number of aryl methyl sites for hydroxylation is 1. The fourth-order valence-corrected chi connectivity index (χ4v) is 2.02. The van der Waals surface area contributed by atoms with E-state index in [2.05, 4.69) is 40.2 Å². The minimum Gasteiger partial charge on any atom is -0.458 e. The number of aromatic nitrogens is 2. The number of ether oxygens (including phenoxy) is 1. The number of halogens is 1. The zero-order chi connectivity index (χ0) is 16.2. The number of nitrogens with zero attached hydrogens (tertiary/aromatic N) is 2. The van der Waals surface area contributed by atoms with Crippen LogP contribution in [0.15, 0.2) is 49.1 Å². The van der Waals surface area contributed by atoms with Crippen LogP contribution in [0.1, 0.15) is 13.8 Å². The quantitative estimate of drug-likeness (QED) is 0.463. The van der Waals surface area contributed by atoms with E-state index in [-0.39, 0.29) is 5.97 Å². The van der Waals surface area contributed by atoms with Gasteiger partial charge in [0.25, 0.3) is 0 Å². The van der Waals surface area contributed by atoms with Crippen molar-refractivity contribution >= 4 is 21.9 Å². The number of carbonyl (C=O) groups is 1. The summed E-state index contributed by atoms with van der Waals surface area (Å²) in [5, 5.41) is 0. The van der Waals surface area contributed by atoms with Crippen LogP contribution in [0.25, 0.3) is 11.1 Å². The van der Waals surface area contributed by atoms with Crippen LogP contribution < -0.4 is 9.13 Å². The first-order chi connectivity index (χ1) is 10.4. The Morgan fingerprint density at radius 3 is 2.09 bits per heavy atom. The predicted octanol–water partition coefficient (Wildman–Crippen LogP) is 2.18. The Balaban J connectivity index is 1.92. The van der Waals surface area contributed by atoms with Crippen molar-refractivity contribution in [2.75, 3.05) is 6.61 Å². The third kappa shape index (κ3) is 4.63. The Bertz CT molecular complexity index is 631. The fourth-order valence-electron chi connectivity index (χ4n) is 1.91. The van der Waals surface area contributed by atoms with Crippen LogP contribution in [-0.4, -0.2) is 16.9 Å². The van der Waals surface area contributed by atoms with Crippen LogP contribution in [0.4, 0.5) is 0 Å². The van der Waals surface area contributed by atoms with Crippen molar-refractivity contribution in [2.24, 2.45) is 7.05 Å². The molecule has 5 heteroatoms. The van der Waals surface area contributed by atoms with Crippen molar-refractivity contribution in [3.63, 3.8) is 0 Å². The van der Waals surface area contributed by atoms with Crippen LogP contribution in [0.2, 0.25) is 0 Å². The largest absolute Gasteiger partial charge is 0.458 e. The second-order valence-electron chi connectivity index (χ2n) is 5.69. The van der Waals surface area contributed by atoms with Gasteiger partial charge >= 0.3 is 5.97 Å². The maximum absolute atomic E-state index is 11.6. The lowest BCUT2D eigenvalue weighted by molar-refractivity contribution is -0.697. The van der Waals surface area contributed by atoms with E-state index in [9.17, 15) is 4.79 Å². The van der Waals surface area contributed by atoms with E-state index in [4.69, 9.17) is 4.74 Å². The van der Waals surface area contributed by atoms with Crippen molar-refractivity contribution in [1.82, 2.24) is 0 Å². The van der Waals surface area contributed by atoms with Crippen molar-refractivity contribution in [1.29, 1.82) is 0 Å². The van der Waals surface area contributed by atoms with Gasteiger partial charge in [-0.2, -0.15) is 0 Å². The van der Waals surface area contributed by atoms with Crippen molar-refractivity contribution in [2.45, 2.75) is 24.7 Å². The van der Waals surface area contributed by atoms with Crippen LogP contribution in [0.3, 0.4) is 0 Å². The third-order valence-electron chi connectivity index (χ3n) is 3.27. The molecule has 2 aromatic heterocycles. The van der Waals surface area contributed by atoms with Gasteiger partial charge in [-0.15, -0.1) is 0 Å². The molecule has 0 saturated carbocycles. The van der Waals surface area contributed by atoms with Crippen molar-refractivity contribution < 1.29 is 18.7 Å². The molecule has 0 spiro atoms. The Morgan fingerprint density at radius 1 is 1.09 bits per heavy atom. The molecule has 0 N–H and O–H groups in total. The van der Waals surface area contributed by atoms with Gasteiger partial charge in [-0.3, -0.25) is 4.79 Å². The zero-order valence-corrected chi connectivity index (χ0v) is 14.7. The van der Waals surface area contributed by atoms with Crippen LogP contribution in [0.5, 0.6) is 0 Å². The summed E-state index contributed by atoms with van der Waals surface area (Å²) in [5.41, 5.74) is 2.34. The molecule has 0 fully saturated rings. The van der Waals surface area contributed by atoms with Gasteiger partial charge in [-0.1, -0.05) is 15.9 Å². The Kier molecular flexibility index (Phi) is 5.29. The first-order valence-electron chi connectivity index (χ1n) is 7.17. The normalized spacial score (nSPS) is 11.3. The maximum atomic E-state index is 11.6. The Labute approximate surface area is 139 Å². The van der Waals surface area contributed by atoms with E-state index in [1.165, 1.54) is 5.56 Å². The maximum Gasteiger partial charge on any atom is 0.322 e. The number of carbonyl (C=O) groups excluding carboxylic acids is 1. The number of rotatable bonds is 5. The van der Waals surface area contributed by atoms with Gasteiger partial charge in [-0.25, -0.2) is 9.13 Å². The molecular formula is C17H21BrN2O2+2. The van der Waals surface area contributed by atoms with E-state index in [1.54, 1.807) is 13.8 Å². The lowest BCUT2D eigenvalue weighted by Gasteiger charge is -2.13. The van der Waals surface area contributed by atoms with Gasteiger partial charge in [0.05, 0.1) is 0 Å². The predicted molar refractivity (Wildman–Crippen MR) is 87.2 cm³/mol. The number of hydrogen-bond acceptors (Lipinski definition) is 2. The molecule has 0 aliphatic carbocycles. The average molecular weight is 365 g/mol. The standard InChI is InChI=1S/C17H21BrN2O2/c1-17(2,18)16(21)22-13-12-20-10-6-15(7-11-20)14-4-8-19(3)9-5-14/h4-11H,12-13H2,1-3H3/q+2. The first-order valence-corrected chi connectivity index (χ1v) is 7.96. The van der Waals surface area contributed by atoms with E-state index in [0.29, 0.717) is 13.2 Å². The molecule has 0 atom stereocenters. The highest BCUT2D eigenvalue weighted by Crippen LogP contribution is 2.17. The van der Waals surface area contributed by atoms with E-state index in [0.717, 1.165) is 5.56 Å². The molecule has 116 valence electrons.